The molecule has 0 bridgehead atoms. The summed E-state index contributed by atoms with van der Waals surface area (Å²) in [5, 5.41) is 1.13. The van der Waals surface area contributed by atoms with Gasteiger partial charge in [0.25, 0.3) is 0 Å². The van der Waals surface area contributed by atoms with Crippen LogP contribution in [0, 0.1) is 6.92 Å². The quantitative estimate of drug-likeness (QED) is 0.101. The minimum atomic E-state index is -0.0814. The van der Waals surface area contributed by atoms with Crippen molar-refractivity contribution >= 4 is 38.0 Å². The van der Waals surface area contributed by atoms with Crippen molar-refractivity contribution in [3.05, 3.63) is 263 Å². The van der Waals surface area contributed by atoms with Gasteiger partial charge in [-0.2, -0.15) is 0 Å². The van der Waals surface area contributed by atoms with Crippen LogP contribution in [0.4, 0.5) is 5.69 Å². The van der Waals surface area contributed by atoms with Crippen molar-refractivity contribution in [3.8, 4) is 0 Å². The van der Waals surface area contributed by atoms with Gasteiger partial charge in [-0.25, -0.2) is 0 Å². The molecule has 0 fully saturated rings. The van der Waals surface area contributed by atoms with Gasteiger partial charge in [0.15, 0.2) is 5.78 Å². The second kappa shape index (κ2) is 37.4. The fraction of sp³-hybridized carbons (Fsp3) is 0.254. The number of carbonyl (C=O) groups is 1. The lowest BCUT2D eigenvalue weighted by atomic mass is 9.94. The standard InChI is InChI=1S/C44H50NOPS.C8H10.C7H8.2C2H6/c1-7-13-23-37(21-12-6)45(36(19-10-4)20-11-5)38-30-28-35(29-31-38)41-26-15-16-27-43-44(41)42(46)33-40(48-43)32-34(18-9-3)22-17-25-39(47)24-14-8-2;1-8-6-4-2-3-5-7-8;1-7-5-3-2-4-6-7;2*1-2/h7-10,12,14-23,25-33,43H,1,11,13,24,47H2,2-6H3;2,4-7H,3H2,1H3;2-6H,1H3;2*1-2H3/b14-8?,18-9-,19-10-,21-12-,22-17+,34-32+,36-20+,37-23+,39-25+;;;;. The van der Waals surface area contributed by atoms with Gasteiger partial charge in [0, 0.05) is 27.6 Å². The number of fused-ring (bicyclic) bond motifs is 1. The molecule has 2 atom stereocenters. The van der Waals surface area contributed by atoms with Crippen LogP contribution >= 0.6 is 21.0 Å². The highest BCUT2D eigenvalue weighted by Crippen LogP contribution is 2.41. The Balaban J connectivity index is 0.000000976. The summed E-state index contributed by atoms with van der Waals surface area (Å²) in [4.78, 5) is 17.1. The van der Waals surface area contributed by atoms with Crippen molar-refractivity contribution in [1.82, 2.24) is 0 Å². The van der Waals surface area contributed by atoms with Crippen LogP contribution < -0.4 is 4.90 Å². The van der Waals surface area contributed by atoms with E-state index in [4.69, 9.17) is 0 Å². The molecule has 0 saturated carbocycles. The largest absolute Gasteiger partial charge is 0.311 e. The average Bonchev–Trinajstić information content (AvgIpc) is 3.73. The van der Waals surface area contributed by atoms with Gasteiger partial charge in [-0.1, -0.05) is 216 Å². The molecule has 0 aromatic heterocycles. The number of rotatable bonds is 15. The van der Waals surface area contributed by atoms with Crippen molar-refractivity contribution in [1.29, 1.82) is 0 Å². The fourth-order valence-electron chi connectivity index (χ4n) is 6.54. The molecule has 0 amide bonds. The van der Waals surface area contributed by atoms with Crippen LogP contribution in [0.25, 0.3) is 5.57 Å². The molecule has 67 heavy (non-hydrogen) atoms. The van der Waals surface area contributed by atoms with E-state index in [9.17, 15) is 4.79 Å². The molecule has 4 heteroatoms. The van der Waals surface area contributed by atoms with Gasteiger partial charge in [-0.05, 0) is 126 Å². The molecule has 1 aliphatic heterocycles. The maximum Gasteiger partial charge on any atom is 0.185 e. The van der Waals surface area contributed by atoms with Crippen LogP contribution in [0.15, 0.2) is 251 Å². The zero-order chi connectivity index (χ0) is 49.7. The van der Waals surface area contributed by atoms with Gasteiger partial charge in [-0.3, -0.25) is 4.79 Å². The van der Waals surface area contributed by atoms with Crippen LogP contribution in [0.5, 0.6) is 0 Å². The zero-order valence-electron chi connectivity index (χ0n) is 42.6. The molecule has 0 spiro atoms. The van der Waals surface area contributed by atoms with E-state index in [0.717, 1.165) is 70.0 Å². The molecule has 2 aromatic carbocycles. The molecule has 2 unspecified atom stereocenters. The number of allylic oxidation sites excluding steroid dienone is 28. The lowest BCUT2D eigenvalue weighted by Crippen LogP contribution is -2.20. The Bertz CT molecular complexity index is 2300. The van der Waals surface area contributed by atoms with E-state index in [2.05, 4.69) is 205 Å². The number of hydrogen-bond acceptors (Lipinski definition) is 3. The molecule has 2 aliphatic carbocycles. The average molecular weight is 930 g/mol. The van der Waals surface area contributed by atoms with Crippen LogP contribution in [0.3, 0.4) is 0 Å². The van der Waals surface area contributed by atoms with E-state index in [1.54, 1.807) is 17.8 Å². The smallest absolute Gasteiger partial charge is 0.185 e. The predicted molar refractivity (Wildman–Crippen MR) is 309 cm³/mol. The van der Waals surface area contributed by atoms with Gasteiger partial charge in [0.05, 0.1) is 5.25 Å². The van der Waals surface area contributed by atoms with Gasteiger partial charge in [0.1, 0.15) is 0 Å². The number of nitrogens with zero attached hydrogens (tertiary/aromatic N) is 1. The molecule has 0 saturated heterocycles. The number of anilines is 1. The minimum absolute atomic E-state index is 0.0492. The lowest BCUT2D eigenvalue weighted by molar-refractivity contribution is -0.111. The first-order valence-corrected chi connectivity index (χ1v) is 25.4. The second-order valence-electron chi connectivity index (χ2n) is 14.7. The minimum Gasteiger partial charge on any atom is -0.311 e. The van der Waals surface area contributed by atoms with Crippen molar-refractivity contribution in [2.75, 3.05) is 4.90 Å². The monoisotopic (exact) mass is 930 g/mol. The number of hydrogen-bond donors (Lipinski definition) is 0. The molecular formula is C63H80NOPS. The summed E-state index contributed by atoms with van der Waals surface area (Å²) in [5.74, 6) is 0.0492. The molecule has 2 nitrogen and oxygen atoms in total. The molecule has 5 rings (SSSR count). The van der Waals surface area contributed by atoms with Crippen molar-refractivity contribution in [2.45, 2.75) is 107 Å². The van der Waals surface area contributed by atoms with Crippen molar-refractivity contribution in [2.24, 2.45) is 0 Å². The van der Waals surface area contributed by atoms with Gasteiger partial charge in [-0.15, -0.1) is 27.6 Å². The fourth-order valence-corrected chi connectivity index (χ4v) is 7.99. The topological polar surface area (TPSA) is 20.3 Å². The SMILES string of the molecule is C=CC/C=C(\C=C/C)N(C(/C=C\C)=C/CC)c1ccc(C2=C3C(=O)C=C(/C=C(\C=C/C)/C=C/C=C(/P)CC=CC)SC3C=CC=C2)cc1.CC.CC.CC1=CC=CCC=C1.Cc1ccccc1. The molecule has 1 heterocycles. The summed E-state index contributed by atoms with van der Waals surface area (Å²) in [6.45, 7) is 26.4. The number of ketones is 1. The first-order valence-electron chi connectivity index (χ1n) is 24.0. The first-order chi connectivity index (χ1) is 32.7. The summed E-state index contributed by atoms with van der Waals surface area (Å²) in [6, 6.07) is 18.8. The van der Waals surface area contributed by atoms with Gasteiger partial charge >= 0.3 is 0 Å². The van der Waals surface area contributed by atoms with Gasteiger partial charge < -0.3 is 4.90 Å². The lowest BCUT2D eigenvalue weighted by Gasteiger charge is -2.28. The van der Waals surface area contributed by atoms with E-state index >= 15 is 0 Å². The molecule has 3 aliphatic rings. The molecule has 0 N–H and O–H groups in total. The highest BCUT2D eigenvalue weighted by Gasteiger charge is 2.28. The van der Waals surface area contributed by atoms with E-state index in [1.165, 1.54) is 16.5 Å². The van der Waals surface area contributed by atoms with Crippen LogP contribution in [0.2, 0.25) is 0 Å². The zero-order valence-corrected chi connectivity index (χ0v) is 44.6. The molecule has 354 valence electrons. The van der Waals surface area contributed by atoms with Crippen LogP contribution in [0.1, 0.15) is 106 Å². The highest BCUT2D eigenvalue weighted by atomic mass is 32.2. The highest BCUT2D eigenvalue weighted by molar-refractivity contribution is 8.04. The van der Waals surface area contributed by atoms with E-state index < -0.39 is 0 Å². The molecular weight excluding hydrogens is 850 g/mol. The Morgan fingerprint density at radius 3 is 2.07 bits per heavy atom. The number of aryl methyl sites for hydroxylation is 1. The maximum absolute atomic E-state index is 13.8. The maximum atomic E-state index is 13.8. The summed E-state index contributed by atoms with van der Waals surface area (Å²) in [5.41, 5.74) is 9.73. The normalized spacial score (nSPS) is 16.3. The van der Waals surface area contributed by atoms with Crippen LogP contribution in [-0.2, 0) is 4.79 Å². The Labute approximate surface area is 415 Å². The predicted octanol–water partition coefficient (Wildman–Crippen LogP) is 19.1. The first kappa shape index (κ1) is 59.3. The summed E-state index contributed by atoms with van der Waals surface area (Å²) < 4.78 is 0. The van der Waals surface area contributed by atoms with E-state index in [0.29, 0.717) is 0 Å². The Hall–Kier alpha value is -5.73. The molecule has 2 aromatic rings. The van der Waals surface area contributed by atoms with E-state index in [-0.39, 0.29) is 11.0 Å². The van der Waals surface area contributed by atoms with Gasteiger partial charge in [0.2, 0.25) is 0 Å². The third-order valence-electron chi connectivity index (χ3n) is 9.52. The van der Waals surface area contributed by atoms with Crippen molar-refractivity contribution in [3.63, 3.8) is 0 Å². The van der Waals surface area contributed by atoms with Crippen molar-refractivity contribution < 1.29 is 4.79 Å². The number of carbonyl (C=O) groups excluding carboxylic acids is 1. The molecule has 0 radical (unpaired) electrons. The Kier molecular flexibility index (Phi) is 33.1. The van der Waals surface area contributed by atoms with Crippen LogP contribution in [-0.4, -0.2) is 11.0 Å². The Morgan fingerprint density at radius 2 is 1.48 bits per heavy atom. The number of benzene rings is 2. The third kappa shape index (κ3) is 23.0. The summed E-state index contributed by atoms with van der Waals surface area (Å²) >= 11 is 1.71. The summed E-state index contributed by atoms with van der Waals surface area (Å²) in [7, 11) is 2.80. The summed E-state index contributed by atoms with van der Waals surface area (Å²) in [6.07, 6.45) is 55.8. The van der Waals surface area contributed by atoms with E-state index in [1.807, 2.05) is 91.8 Å². The second-order valence-corrected chi connectivity index (χ2v) is 16.7. The Morgan fingerprint density at radius 1 is 0.806 bits per heavy atom. The third-order valence-corrected chi connectivity index (χ3v) is 11.1. The number of thioether (sulfide) groups is 1.